The van der Waals surface area contributed by atoms with Gasteiger partial charge in [-0.1, -0.05) is 24.3 Å². The highest BCUT2D eigenvalue weighted by atomic mass is 32.2. The van der Waals surface area contributed by atoms with Gasteiger partial charge >= 0.3 is 0 Å². The fourth-order valence-electron chi connectivity index (χ4n) is 3.21. The smallest absolute Gasteiger partial charge is 0.282 e. The van der Waals surface area contributed by atoms with E-state index in [2.05, 4.69) is 8.80 Å². The van der Waals surface area contributed by atoms with Gasteiger partial charge in [0.1, 0.15) is 21.3 Å². The molecule has 0 saturated heterocycles. The van der Waals surface area contributed by atoms with Gasteiger partial charge in [0, 0.05) is 24.3 Å². The molecule has 0 aliphatic carbocycles. The van der Waals surface area contributed by atoms with Crippen molar-refractivity contribution in [1.82, 2.24) is 0 Å². The van der Waals surface area contributed by atoms with Crippen molar-refractivity contribution in [2.24, 2.45) is 19.1 Å². The van der Waals surface area contributed by atoms with Crippen LogP contribution in [0.4, 0.5) is 11.4 Å². The molecule has 0 saturated carbocycles. The number of benzene rings is 2. The minimum absolute atomic E-state index is 0.328. The molecule has 24 heteroatoms. The summed E-state index contributed by atoms with van der Waals surface area (Å²) >= 11 is 0. The number of nitro groups is 2. The Balaban J connectivity index is 2.54. The second kappa shape index (κ2) is 15.6. The number of nitrogens with two attached hydrogens (primary N) is 2. The van der Waals surface area contributed by atoms with Gasteiger partial charge in [0.2, 0.25) is 20.0 Å². The van der Waals surface area contributed by atoms with Crippen molar-refractivity contribution >= 4 is 63.9 Å². The molecule has 48 heavy (non-hydrogen) atoms. The lowest BCUT2D eigenvalue weighted by molar-refractivity contribution is -0.385. The molecule has 2 rings (SSSR count). The molecule has 0 atom stereocenters. The Hall–Kier alpha value is -5.14. The average Bonchev–Trinajstić information content (AvgIpc) is 2.99. The quantitative estimate of drug-likeness (QED) is 0.0848. The Kier molecular flexibility index (Phi) is 12.7. The molecule has 0 aliphatic rings. The summed E-state index contributed by atoms with van der Waals surface area (Å²) in [5, 5.41) is 32.3. The molecule has 0 bridgehead atoms. The topological polar surface area (TPSA) is 318 Å². The second-order valence-electron chi connectivity index (χ2n) is 8.60. The Morgan fingerprint density at radius 1 is 0.667 bits per heavy atom. The molecular formula is C24H24N6O14S4. The number of allylic oxidation sites excluding steroid dienone is 6. The molecule has 2 aromatic carbocycles. The van der Waals surface area contributed by atoms with Crippen LogP contribution in [0.2, 0.25) is 0 Å². The minimum Gasteiger partial charge on any atom is -0.495 e. The van der Waals surface area contributed by atoms with E-state index in [9.17, 15) is 53.9 Å². The van der Waals surface area contributed by atoms with Crippen LogP contribution in [0.3, 0.4) is 0 Å². The predicted octanol–water partition coefficient (Wildman–Crippen LogP) is 1.13. The maximum Gasteiger partial charge on any atom is 0.282 e. The van der Waals surface area contributed by atoms with E-state index in [0.29, 0.717) is 24.6 Å². The van der Waals surface area contributed by atoms with Crippen LogP contribution in [0.15, 0.2) is 113 Å². The number of ether oxygens (including phenoxy) is 2. The van der Waals surface area contributed by atoms with Gasteiger partial charge in [-0.2, -0.15) is 25.6 Å². The van der Waals surface area contributed by atoms with E-state index in [1.165, 1.54) is 0 Å². The summed E-state index contributed by atoms with van der Waals surface area (Å²) in [6, 6.07) is 7.52. The van der Waals surface area contributed by atoms with Crippen LogP contribution in [0.5, 0.6) is 0 Å². The monoisotopic (exact) mass is 748 g/mol. The van der Waals surface area contributed by atoms with Crippen LogP contribution < -0.4 is 10.3 Å². The van der Waals surface area contributed by atoms with Crippen molar-refractivity contribution < 1.29 is 53.0 Å². The minimum atomic E-state index is -4.73. The maximum atomic E-state index is 12.6. The summed E-state index contributed by atoms with van der Waals surface area (Å²) in [6.45, 7) is 0. The van der Waals surface area contributed by atoms with Gasteiger partial charge in [-0.05, 0) is 24.3 Å². The Morgan fingerprint density at radius 3 is 1.27 bits per heavy atom. The molecule has 0 aliphatic heterocycles. The van der Waals surface area contributed by atoms with Crippen LogP contribution in [0.25, 0.3) is 0 Å². The van der Waals surface area contributed by atoms with Crippen molar-refractivity contribution in [2.75, 3.05) is 14.2 Å². The Morgan fingerprint density at radius 2 is 1.00 bits per heavy atom. The highest BCUT2D eigenvalue weighted by molar-refractivity contribution is 7.94. The molecule has 0 unspecified atom stereocenters. The fraction of sp³-hybridized carbons (Fsp3) is 0.0833. The van der Waals surface area contributed by atoms with Crippen LogP contribution in [-0.4, -0.2) is 70.2 Å². The first-order valence-corrected chi connectivity index (χ1v) is 18.2. The molecule has 4 N–H and O–H groups in total. The van der Waals surface area contributed by atoms with E-state index in [4.69, 9.17) is 19.8 Å². The summed E-state index contributed by atoms with van der Waals surface area (Å²) in [6.07, 6.45) is 4.57. The summed E-state index contributed by atoms with van der Waals surface area (Å²) in [5.41, 5.74) is -1.16. The van der Waals surface area contributed by atoms with E-state index in [-0.39, 0.29) is 0 Å². The number of nitro benzene ring substituents is 2. The zero-order chi connectivity index (χ0) is 36.5. The fourth-order valence-corrected chi connectivity index (χ4v) is 6.38. The van der Waals surface area contributed by atoms with Crippen molar-refractivity contribution in [3.63, 3.8) is 0 Å². The lowest BCUT2D eigenvalue weighted by atomic mass is 10.3. The Labute approximate surface area is 273 Å². The van der Waals surface area contributed by atoms with Gasteiger partial charge in [-0.15, -0.1) is 0 Å². The molecule has 0 heterocycles. The van der Waals surface area contributed by atoms with E-state index >= 15 is 0 Å². The van der Waals surface area contributed by atoms with E-state index < -0.39 is 92.4 Å². The number of primary sulfonamides is 2. The molecule has 0 fully saturated rings. The summed E-state index contributed by atoms with van der Waals surface area (Å²) in [5.74, 6) is -1.17. The summed E-state index contributed by atoms with van der Waals surface area (Å²) < 4.78 is 116. The maximum absolute atomic E-state index is 12.6. The van der Waals surface area contributed by atoms with E-state index in [0.717, 1.165) is 74.9 Å². The molecule has 0 radical (unpaired) electrons. The van der Waals surface area contributed by atoms with Crippen molar-refractivity contribution in [3.05, 3.63) is 114 Å². The SMILES string of the molecule is COC(/C=C/C=C/C(OC)=C(/C=N/S(=O)(=O)c1cccc([N+](=O)[O-])c1)S(N)(=O)=O)=C(\C=N\S(=O)(=O)c1cccc([N+](=O)[O-])c1)S(N)(=O)=O. The van der Waals surface area contributed by atoms with Gasteiger partial charge in [-0.3, -0.25) is 20.2 Å². The standard InChI is InChI=1S/C24H24N6O14S4/c1-43-21(23(45(25,35)36)15-27-47(39,40)19-9-5-7-17(13-19)29(31)32)11-3-4-12-22(44-2)24(46(26,37)38)16-28-48(41,42)20-10-6-8-18(14-20)30(33)34/h3-16H,1-2H3,(H2,25,35,36)(H2,26,37,38)/b11-3+,12-4+,23-21+,24-22+,27-15+,28-16+. The first-order chi connectivity index (χ1) is 22.1. The number of hydrogen-bond acceptors (Lipinski definition) is 14. The third-order valence-corrected chi connectivity index (χ3v) is 9.72. The van der Waals surface area contributed by atoms with Crippen molar-refractivity contribution in [2.45, 2.75) is 9.79 Å². The highest BCUT2D eigenvalue weighted by Gasteiger charge is 2.22. The van der Waals surface area contributed by atoms with Crippen LogP contribution in [0.1, 0.15) is 0 Å². The van der Waals surface area contributed by atoms with Gasteiger partial charge in [0.15, 0.2) is 0 Å². The molecule has 0 amide bonds. The van der Waals surface area contributed by atoms with Crippen LogP contribution >= 0.6 is 0 Å². The largest absolute Gasteiger partial charge is 0.495 e. The van der Waals surface area contributed by atoms with E-state index in [1.54, 1.807) is 0 Å². The van der Waals surface area contributed by atoms with Crippen LogP contribution in [-0.2, 0) is 49.6 Å². The molecule has 0 spiro atoms. The molecule has 0 aromatic heterocycles. The number of methoxy groups -OCH3 is 2. The molecule has 258 valence electrons. The second-order valence-corrected chi connectivity index (χ2v) is 14.9. The molecule has 20 nitrogen and oxygen atoms in total. The number of rotatable bonds is 15. The summed E-state index contributed by atoms with van der Waals surface area (Å²) in [4.78, 5) is 17.0. The van der Waals surface area contributed by atoms with Gasteiger partial charge in [0.25, 0.3) is 31.4 Å². The zero-order valence-electron chi connectivity index (χ0n) is 24.4. The number of non-ortho nitro benzene ring substituents is 2. The Bertz CT molecular complexity index is 2080. The van der Waals surface area contributed by atoms with Crippen molar-refractivity contribution in [1.29, 1.82) is 0 Å². The number of sulfonamides is 4. The predicted molar refractivity (Wildman–Crippen MR) is 170 cm³/mol. The summed E-state index contributed by atoms with van der Waals surface area (Å²) in [7, 11) is -16.8. The number of hydrogen-bond donors (Lipinski definition) is 2. The first kappa shape index (κ1) is 39.0. The highest BCUT2D eigenvalue weighted by Crippen LogP contribution is 2.21. The molecular weight excluding hydrogens is 725 g/mol. The lowest BCUT2D eigenvalue weighted by Crippen LogP contribution is -2.18. The van der Waals surface area contributed by atoms with Gasteiger partial charge < -0.3 is 9.47 Å². The third kappa shape index (κ3) is 10.7. The molecule has 2 aromatic rings. The van der Waals surface area contributed by atoms with Crippen molar-refractivity contribution in [3.8, 4) is 0 Å². The normalized spacial score (nSPS) is 14.3. The number of nitrogens with zero attached hydrogens (tertiary/aromatic N) is 4. The average molecular weight is 749 g/mol. The third-order valence-electron chi connectivity index (χ3n) is 5.41. The zero-order valence-corrected chi connectivity index (χ0v) is 27.6. The van der Waals surface area contributed by atoms with E-state index in [1.807, 2.05) is 0 Å². The van der Waals surface area contributed by atoms with Gasteiger partial charge in [-0.25, -0.2) is 27.1 Å². The van der Waals surface area contributed by atoms with Gasteiger partial charge in [0.05, 0.1) is 46.3 Å². The lowest BCUT2D eigenvalue weighted by Gasteiger charge is -2.06. The first-order valence-electron chi connectivity index (χ1n) is 12.2. The van der Waals surface area contributed by atoms with Crippen LogP contribution in [0, 0.1) is 20.2 Å².